The summed E-state index contributed by atoms with van der Waals surface area (Å²) in [5.41, 5.74) is 7.30. The van der Waals surface area contributed by atoms with Crippen LogP contribution in [0.15, 0.2) is 28.7 Å². The van der Waals surface area contributed by atoms with Gasteiger partial charge in [0.15, 0.2) is 0 Å². The Hall–Kier alpha value is -1.24. The Kier molecular flexibility index (Phi) is 4.27. The number of rotatable bonds is 3. The molecule has 4 nitrogen and oxygen atoms in total. The lowest BCUT2D eigenvalue weighted by molar-refractivity contribution is 0.430. The predicted molar refractivity (Wildman–Crippen MR) is 76.2 cm³/mol. The predicted octanol–water partition coefficient (Wildman–Crippen LogP) is 1.93. The van der Waals surface area contributed by atoms with Gasteiger partial charge in [0.25, 0.3) is 0 Å². The average Bonchev–Trinajstić information content (AvgIpc) is 2.42. The molecule has 2 rings (SSSR count). The Bertz CT molecular complexity index is 653. The van der Waals surface area contributed by atoms with E-state index in [1.165, 1.54) is 28.9 Å². The van der Waals surface area contributed by atoms with Gasteiger partial charge in [0.2, 0.25) is 10.0 Å². The number of halogens is 1. The highest BCUT2D eigenvalue weighted by Gasteiger charge is 2.28. The first-order valence-electron chi connectivity index (χ1n) is 6.51. The molecule has 0 saturated carbocycles. The molecule has 1 aliphatic rings. The van der Waals surface area contributed by atoms with Crippen LogP contribution in [-0.2, 0) is 16.6 Å². The van der Waals surface area contributed by atoms with E-state index in [0.29, 0.717) is 25.1 Å². The first-order chi connectivity index (χ1) is 9.36. The Morgan fingerprint density at radius 2 is 2.05 bits per heavy atom. The fraction of sp³-hybridized carbons (Fsp3) is 0.429. The van der Waals surface area contributed by atoms with Crippen molar-refractivity contribution in [3.63, 3.8) is 0 Å². The van der Waals surface area contributed by atoms with Gasteiger partial charge in [0.1, 0.15) is 5.82 Å². The van der Waals surface area contributed by atoms with E-state index in [4.69, 9.17) is 5.73 Å². The fourth-order valence-electron chi connectivity index (χ4n) is 2.20. The molecule has 0 unspecified atom stereocenters. The van der Waals surface area contributed by atoms with Crippen molar-refractivity contribution in [3.05, 3.63) is 40.7 Å². The van der Waals surface area contributed by atoms with Gasteiger partial charge in [0.05, 0.1) is 4.90 Å². The number of hydrogen-bond donors (Lipinski definition) is 1. The van der Waals surface area contributed by atoms with Crippen LogP contribution in [0.1, 0.15) is 24.5 Å². The van der Waals surface area contributed by atoms with Gasteiger partial charge in [-0.15, -0.1) is 0 Å². The van der Waals surface area contributed by atoms with Crippen molar-refractivity contribution in [1.82, 2.24) is 4.31 Å². The Morgan fingerprint density at radius 3 is 2.60 bits per heavy atom. The molecule has 0 aromatic heterocycles. The monoisotopic (exact) mass is 298 g/mol. The Labute approximate surface area is 119 Å². The summed E-state index contributed by atoms with van der Waals surface area (Å²) in [5.74, 6) is -0.532. The van der Waals surface area contributed by atoms with Crippen molar-refractivity contribution in [2.75, 3.05) is 13.1 Å². The van der Waals surface area contributed by atoms with Crippen LogP contribution >= 0.6 is 0 Å². The third-order valence-electron chi connectivity index (χ3n) is 3.61. The number of nitrogens with two attached hydrogens (primary N) is 1. The number of benzene rings is 1. The summed E-state index contributed by atoms with van der Waals surface area (Å²) < 4.78 is 40.5. The van der Waals surface area contributed by atoms with Crippen LogP contribution in [0.5, 0.6) is 0 Å². The van der Waals surface area contributed by atoms with E-state index >= 15 is 0 Å². The Balaban J connectivity index is 2.47. The molecule has 0 aliphatic carbocycles. The highest BCUT2D eigenvalue weighted by molar-refractivity contribution is 7.89. The number of sulfonamides is 1. The quantitative estimate of drug-likeness (QED) is 0.867. The maximum absolute atomic E-state index is 13.8. The standard InChI is InChI=1S/C14H19FN2O2S/c1-10-3-5-17(6-4-10)20(18,19)14-8-12(9-16)7-13(15)11(14)2/h3,7-8H,4-6,9,16H2,1-2H3. The van der Waals surface area contributed by atoms with Crippen molar-refractivity contribution in [3.8, 4) is 0 Å². The second-order valence-electron chi connectivity index (χ2n) is 5.07. The molecule has 20 heavy (non-hydrogen) atoms. The molecular weight excluding hydrogens is 279 g/mol. The molecule has 1 aliphatic heterocycles. The summed E-state index contributed by atoms with van der Waals surface area (Å²) in [5, 5.41) is 0. The average molecular weight is 298 g/mol. The van der Waals surface area contributed by atoms with Crippen molar-refractivity contribution in [2.45, 2.75) is 31.7 Å². The van der Waals surface area contributed by atoms with Crippen molar-refractivity contribution in [1.29, 1.82) is 0 Å². The van der Waals surface area contributed by atoms with E-state index in [-0.39, 0.29) is 17.0 Å². The second kappa shape index (κ2) is 5.63. The van der Waals surface area contributed by atoms with E-state index < -0.39 is 15.8 Å². The minimum absolute atomic E-state index is 0.0194. The zero-order chi connectivity index (χ0) is 14.9. The van der Waals surface area contributed by atoms with Crippen molar-refractivity contribution in [2.24, 2.45) is 5.73 Å². The van der Waals surface area contributed by atoms with Gasteiger partial charge < -0.3 is 5.73 Å². The lowest BCUT2D eigenvalue weighted by atomic mass is 10.1. The molecule has 0 radical (unpaired) electrons. The minimum atomic E-state index is -3.68. The first kappa shape index (κ1) is 15.2. The van der Waals surface area contributed by atoms with Gasteiger partial charge in [-0.3, -0.25) is 0 Å². The van der Waals surface area contributed by atoms with Gasteiger partial charge in [-0.25, -0.2) is 12.8 Å². The largest absolute Gasteiger partial charge is 0.326 e. The maximum atomic E-state index is 13.8. The van der Waals surface area contributed by atoms with Gasteiger partial charge in [0, 0.05) is 25.2 Å². The topological polar surface area (TPSA) is 63.4 Å². The Morgan fingerprint density at radius 1 is 1.35 bits per heavy atom. The van der Waals surface area contributed by atoms with Gasteiger partial charge in [-0.1, -0.05) is 11.6 Å². The van der Waals surface area contributed by atoms with Crippen LogP contribution in [0.25, 0.3) is 0 Å². The number of nitrogens with zero attached hydrogens (tertiary/aromatic N) is 1. The molecule has 0 atom stereocenters. The molecule has 1 heterocycles. The lowest BCUT2D eigenvalue weighted by Gasteiger charge is -2.25. The fourth-order valence-corrected chi connectivity index (χ4v) is 3.87. The third kappa shape index (κ3) is 2.77. The molecule has 0 saturated heterocycles. The molecule has 6 heteroatoms. The van der Waals surface area contributed by atoms with Gasteiger partial charge in [-0.2, -0.15) is 4.31 Å². The van der Waals surface area contributed by atoms with E-state index in [1.54, 1.807) is 0 Å². The lowest BCUT2D eigenvalue weighted by Crippen LogP contribution is -2.35. The molecule has 1 aromatic rings. The van der Waals surface area contributed by atoms with E-state index in [9.17, 15) is 12.8 Å². The van der Waals surface area contributed by atoms with Crippen LogP contribution in [-0.4, -0.2) is 25.8 Å². The molecule has 1 aromatic carbocycles. The third-order valence-corrected chi connectivity index (χ3v) is 5.60. The van der Waals surface area contributed by atoms with Crippen LogP contribution in [0.3, 0.4) is 0 Å². The molecule has 2 N–H and O–H groups in total. The summed E-state index contributed by atoms with van der Waals surface area (Å²) in [6.45, 7) is 4.33. The minimum Gasteiger partial charge on any atom is -0.326 e. The molecule has 0 spiro atoms. The molecule has 0 bridgehead atoms. The molecule has 0 amide bonds. The highest BCUT2D eigenvalue weighted by atomic mass is 32.2. The second-order valence-corrected chi connectivity index (χ2v) is 6.97. The van der Waals surface area contributed by atoms with Crippen molar-refractivity contribution >= 4 is 10.0 Å². The van der Waals surface area contributed by atoms with E-state index in [2.05, 4.69) is 0 Å². The molecule has 0 fully saturated rings. The summed E-state index contributed by atoms with van der Waals surface area (Å²) in [4.78, 5) is 0.0194. The first-order valence-corrected chi connectivity index (χ1v) is 7.95. The maximum Gasteiger partial charge on any atom is 0.243 e. The van der Waals surface area contributed by atoms with E-state index in [0.717, 1.165) is 0 Å². The van der Waals surface area contributed by atoms with Crippen LogP contribution in [0.4, 0.5) is 4.39 Å². The number of hydrogen-bond acceptors (Lipinski definition) is 3. The summed E-state index contributed by atoms with van der Waals surface area (Å²) in [6.07, 6.45) is 2.59. The zero-order valence-corrected chi connectivity index (χ0v) is 12.5. The highest BCUT2D eigenvalue weighted by Crippen LogP contribution is 2.25. The summed E-state index contributed by atoms with van der Waals surface area (Å²) >= 11 is 0. The van der Waals surface area contributed by atoms with E-state index in [1.807, 2.05) is 13.0 Å². The van der Waals surface area contributed by atoms with Gasteiger partial charge in [-0.05, 0) is 38.0 Å². The smallest absolute Gasteiger partial charge is 0.243 e. The molecular formula is C14H19FN2O2S. The van der Waals surface area contributed by atoms with Crippen molar-refractivity contribution < 1.29 is 12.8 Å². The van der Waals surface area contributed by atoms with Gasteiger partial charge >= 0.3 is 0 Å². The van der Waals surface area contributed by atoms with Crippen LogP contribution < -0.4 is 5.73 Å². The van der Waals surface area contributed by atoms with Crippen LogP contribution in [0.2, 0.25) is 0 Å². The summed E-state index contributed by atoms with van der Waals surface area (Å²) in [7, 11) is -3.68. The summed E-state index contributed by atoms with van der Waals surface area (Å²) in [6, 6.07) is 2.76. The normalized spacial score (nSPS) is 17.1. The SMILES string of the molecule is CC1=CCN(S(=O)(=O)c2cc(CN)cc(F)c2C)CC1. The zero-order valence-electron chi connectivity index (χ0n) is 11.7. The molecule has 110 valence electrons. The van der Waals surface area contributed by atoms with Crippen LogP contribution in [0, 0.1) is 12.7 Å².